The van der Waals surface area contributed by atoms with Crippen LogP contribution in [0.5, 0.6) is 0 Å². The number of aromatic nitrogens is 2. The smallest absolute Gasteiger partial charge is 0.296 e. The number of nitrogen functional groups attached to an aromatic ring is 1. The maximum absolute atomic E-state index is 11.9. The molecule has 3 aromatic rings. The van der Waals surface area contributed by atoms with E-state index < -0.39 is 5.97 Å². The summed E-state index contributed by atoms with van der Waals surface area (Å²) in [5.41, 5.74) is 7.40. The van der Waals surface area contributed by atoms with Gasteiger partial charge in [0.1, 0.15) is 11.7 Å². The molecule has 8 nitrogen and oxygen atoms in total. The monoisotopic (exact) mass is 667 g/mol. The Bertz CT molecular complexity index is 1200. The van der Waals surface area contributed by atoms with E-state index in [1.807, 2.05) is 25.1 Å². The van der Waals surface area contributed by atoms with Crippen molar-refractivity contribution in [2.45, 2.75) is 25.2 Å². The van der Waals surface area contributed by atoms with Crippen LogP contribution in [0, 0.1) is 0 Å². The fraction of sp³-hybridized carbons (Fsp3) is 0.375. The average molecular weight is 670 g/mol. The number of halogens is 4. The molecule has 2 aromatic carbocycles. The summed E-state index contributed by atoms with van der Waals surface area (Å²) in [6.07, 6.45) is 0.492. The molecule has 3 rings (SSSR count). The molecule has 0 saturated carbocycles. The molecular formula is C24H29Br2Cl2N3O5. The minimum Gasteiger partial charge on any atom is -0.398 e. The molecule has 12 heteroatoms. The Morgan fingerprint density at radius 3 is 2.06 bits per heavy atom. The van der Waals surface area contributed by atoms with E-state index in [-0.39, 0.29) is 23.1 Å². The number of methoxy groups -OCH3 is 3. The first-order valence-corrected chi connectivity index (χ1v) is 13.2. The van der Waals surface area contributed by atoms with Crippen molar-refractivity contribution in [1.82, 2.24) is 9.55 Å². The maximum atomic E-state index is 11.9. The Balaban J connectivity index is 0.000000280. The zero-order chi connectivity index (χ0) is 27.5. The third-order valence-corrected chi connectivity index (χ3v) is 6.54. The van der Waals surface area contributed by atoms with Crippen molar-refractivity contribution in [2.24, 2.45) is 7.05 Å². The van der Waals surface area contributed by atoms with E-state index >= 15 is 0 Å². The Hall–Kier alpha value is -1.53. The second-order valence-corrected chi connectivity index (χ2v) is 9.49. The molecule has 1 aromatic heterocycles. The van der Waals surface area contributed by atoms with Crippen LogP contribution in [0.1, 0.15) is 29.5 Å². The molecule has 0 bridgehead atoms. The summed E-state index contributed by atoms with van der Waals surface area (Å²) in [4.78, 5) is 27.4. The van der Waals surface area contributed by atoms with Gasteiger partial charge in [0.2, 0.25) is 0 Å². The van der Waals surface area contributed by atoms with Crippen molar-refractivity contribution < 1.29 is 19.0 Å². The van der Waals surface area contributed by atoms with Gasteiger partial charge in [-0.25, -0.2) is 4.98 Å². The summed E-state index contributed by atoms with van der Waals surface area (Å²) in [5, 5.41) is 0.606. The number of alkyl halides is 2. The van der Waals surface area contributed by atoms with Gasteiger partial charge >= 0.3 is 0 Å². The van der Waals surface area contributed by atoms with Gasteiger partial charge in [0.05, 0.1) is 16.8 Å². The second kappa shape index (κ2) is 15.7. The van der Waals surface area contributed by atoms with Gasteiger partial charge in [0, 0.05) is 55.0 Å². The van der Waals surface area contributed by atoms with E-state index in [9.17, 15) is 9.59 Å². The van der Waals surface area contributed by atoms with Crippen LogP contribution in [0.15, 0.2) is 50.1 Å². The van der Waals surface area contributed by atoms with E-state index in [1.54, 1.807) is 25.2 Å². The van der Waals surface area contributed by atoms with Gasteiger partial charge in [-0.2, -0.15) is 0 Å². The molecule has 0 radical (unpaired) electrons. The highest BCUT2D eigenvalue weighted by Crippen LogP contribution is 2.19. The highest BCUT2D eigenvalue weighted by Gasteiger charge is 2.27. The number of hydrogen-bond donors (Lipinski definition) is 1. The molecule has 0 spiro atoms. The molecule has 198 valence electrons. The molecule has 1 heterocycles. The predicted molar refractivity (Wildman–Crippen MR) is 152 cm³/mol. The van der Waals surface area contributed by atoms with E-state index in [1.165, 1.54) is 25.9 Å². The number of anilines is 1. The van der Waals surface area contributed by atoms with Gasteiger partial charge in [0.25, 0.3) is 11.5 Å². The van der Waals surface area contributed by atoms with Crippen LogP contribution in [0.2, 0.25) is 0 Å². The molecule has 0 atom stereocenters. The zero-order valence-electron chi connectivity index (χ0n) is 20.6. The fourth-order valence-corrected chi connectivity index (χ4v) is 4.10. The molecule has 2 N–H and O–H groups in total. The summed E-state index contributed by atoms with van der Waals surface area (Å²) in [5.74, 6) is -0.0287. The van der Waals surface area contributed by atoms with Crippen molar-refractivity contribution in [2.75, 3.05) is 32.9 Å². The first kappa shape index (κ1) is 32.5. The highest BCUT2D eigenvalue weighted by atomic mass is 79.9. The third kappa shape index (κ3) is 8.79. The van der Waals surface area contributed by atoms with Crippen LogP contribution in [-0.4, -0.2) is 48.5 Å². The largest absolute Gasteiger partial charge is 0.398 e. The highest BCUT2D eigenvalue weighted by molar-refractivity contribution is 9.10. The van der Waals surface area contributed by atoms with E-state index in [0.717, 1.165) is 8.95 Å². The third-order valence-electron chi connectivity index (χ3n) is 4.98. The van der Waals surface area contributed by atoms with Crippen LogP contribution in [0.3, 0.4) is 0 Å². The molecule has 0 aliphatic heterocycles. The van der Waals surface area contributed by atoms with Crippen LogP contribution in [-0.2, 0) is 27.1 Å². The van der Waals surface area contributed by atoms with Gasteiger partial charge in [-0.3, -0.25) is 14.2 Å². The van der Waals surface area contributed by atoms with Crippen molar-refractivity contribution in [3.63, 3.8) is 0 Å². The molecule has 36 heavy (non-hydrogen) atoms. The van der Waals surface area contributed by atoms with Crippen molar-refractivity contribution in [3.05, 3.63) is 67.1 Å². The summed E-state index contributed by atoms with van der Waals surface area (Å²) >= 11 is 17.8. The number of carbonyl (C=O) groups excluding carboxylic acids is 1. The van der Waals surface area contributed by atoms with Crippen LogP contribution < -0.4 is 11.3 Å². The SMILES string of the molecule is CCC(=O)c1ccc(Br)cc1N.COC(CCl)(OC)OC.Cn1c(CCl)nc2cc(Br)ccc2c1=O. The normalized spacial score (nSPS) is 10.8. The molecule has 0 amide bonds. The minimum atomic E-state index is -1.07. The predicted octanol–water partition coefficient (Wildman–Crippen LogP) is 5.88. The first-order valence-electron chi connectivity index (χ1n) is 10.5. The number of rotatable bonds is 7. The van der Waals surface area contributed by atoms with Gasteiger partial charge < -0.3 is 19.9 Å². The summed E-state index contributed by atoms with van der Waals surface area (Å²) in [6.45, 7) is 1.82. The van der Waals surface area contributed by atoms with Crippen LogP contribution in [0.4, 0.5) is 5.69 Å². The topological polar surface area (TPSA) is 106 Å². The first-order chi connectivity index (χ1) is 17.0. The van der Waals surface area contributed by atoms with Crippen LogP contribution >= 0.6 is 55.1 Å². The second-order valence-electron chi connectivity index (χ2n) is 7.12. The van der Waals surface area contributed by atoms with E-state index in [0.29, 0.717) is 34.4 Å². The number of nitrogens with two attached hydrogens (primary N) is 1. The number of fused-ring (bicyclic) bond motifs is 1. The standard InChI is InChI=1S/C10H8BrClN2O.C9H10BrNO.C5H11ClO3/c1-14-9(5-12)13-8-4-6(11)2-3-7(8)10(14)15;1-2-9(12)7-4-3-6(10)5-8(7)11;1-7-5(4-6,8-2)9-3/h2-4H,5H2,1H3;3-5H,2,11H2,1H3;4H2,1-3H3. The van der Waals surface area contributed by atoms with Gasteiger partial charge in [-0.05, 0) is 36.4 Å². The number of benzene rings is 2. The van der Waals surface area contributed by atoms with Crippen molar-refractivity contribution >= 4 is 77.4 Å². The summed E-state index contributed by atoms with van der Waals surface area (Å²) < 4.78 is 17.7. The van der Waals surface area contributed by atoms with Gasteiger partial charge in [-0.15, -0.1) is 23.2 Å². The average Bonchev–Trinajstić information content (AvgIpc) is 2.88. The van der Waals surface area contributed by atoms with E-state index in [2.05, 4.69) is 36.8 Å². The Labute approximate surface area is 237 Å². The van der Waals surface area contributed by atoms with Gasteiger partial charge in [-0.1, -0.05) is 38.8 Å². The molecule has 0 fully saturated rings. The quantitative estimate of drug-likeness (QED) is 0.145. The number of nitrogens with zero attached hydrogens (tertiary/aromatic N) is 2. The lowest BCUT2D eigenvalue weighted by molar-refractivity contribution is -0.337. The number of Topliss-reactive ketones (excluding diaryl/α,β-unsaturated/α-hetero) is 1. The van der Waals surface area contributed by atoms with Gasteiger partial charge in [0.15, 0.2) is 5.78 Å². The zero-order valence-corrected chi connectivity index (χ0v) is 25.3. The Kier molecular flexibility index (Phi) is 14.1. The van der Waals surface area contributed by atoms with E-state index in [4.69, 9.17) is 43.1 Å². The van der Waals surface area contributed by atoms with Crippen LogP contribution in [0.25, 0.3) is 10.9 Å². The number of hydrogen-bond acceptors (Lipinski definition) is 7. The number of ketones is 1. The summed E-state index contributed by atoms with van der Waals surface area (Å²) in [7, 11) is 6.08. The lowest BCUT2D eigenvalue weighted by Gasteiger charge is -2.25. The maximum Gasteiger partial charge on any atom is 0.296 e. The Morgan fingerprint density at radius 2 is 1.61 bits per heavy atom. The number of ether oxygens (including phenoxy) is 3. The lowest BCUT2D eigenvalue weighted by atomic mass is 10.1. The Morgan fingerprint density at radius 1 is 1.06 bits per heavy atom. The minimum absolute atomic E-state index is 0.0665. The fourth-order valence-electron chi connectivity index (χ4n) is 2.80. The molecule has 0 aliphatic carbocycles. The molecule has 0 unspecified atom stereocenters. The lowest BCUT2D eigenvalue weighted by Crippen LogP contribution is -2.37. The molecule has 0 saturated heterocycles. The molecule has 0 aliphatic rings. The summed E-state index contributed by atoms with van der Waals surface area (Å²) in [6, 6.07) is 10.7. The van der Waals surface area contributed by atoms with Crippen molar-refractivity contribution in [3.8, 4) is 0 Å². The van der Waals surface area contributed by atoms with Crippen molar-refractivity contribution in [1.29, 1.82) is 0 Å². The molecular weight excluding hydrogens is 641 g/mol. The number of carbonyl (C=O) groups is 1.